The molecule has 0 saturated carbocycles. The van der Waals surface area contributed by atoms with E-state index >= 15 is 0 Å². The highest BCUT2D eigenvalue weighted by molar-refractivity contribution is 7.86. The van der Waals surface area contributed by atoms with Crippen molar-refractivity contribution in [2.45, 2.75) is 63.5 Å². The number of carbonyl (C=O) groups is 2. The van der Waals surface area contributed by atoms with E-state index in [0.29, 0.717) is 4.90 Å². The number of alkyl halides is 3. The lowest BCUT2D eigenvalue weighted by molar-refractivity contribution is -0.187. The molecule has 0 N–H and O–H groups in total. The maximum atomic E-state index is 12.7. The van der Waals surface area contributed by atoms with Crippen LogP contribution in [-0.4, -0.2) is 79.5 Å². The molecule has 2 aliphatic rings. The maximum absolute atomic E-state index is 12.7. The van der Waals surface area contributed by atoms with E-state index in [0.717, 1.165) is 6.26 Å². The number of carbonyl (C=O) groups excluding carboxylic acids is 2. The minimum atomic E-state index is -4.97. The summed E-state index contributed by atoms with van der Waals surface area (Å²) in [4.78, 5) is 26.2. The molecule has 2 fully saturated rings. The molecule has 0 aromatic carbocycles. The van der Waals surface area contributed by atoms with Gasteiger partial charge < -0.3 is 9.64 Å². The van der Waals surface area contributed by atoms with E-state index in [4.69, 9.17) is 8.92 Å². The molecule has 12 heteroatoms. The second kappa shape index (κ2) is 7.36. The fourth-order valence-electron chi connectivity index (χ4n) is 3.67. The number of rotatable bonds is 2. The van der Waals surface area contributed by atoms with E-state index in [1.807, 2.05) is 0 Å². The third-order valence-electron chi connectivity index (χ3n) is 4.72. The van der Waals surface area contributed by atoms with Crippen LogP contribution in [0, 0.1) is 0 Å². The summed E-state index contributed by atoms with van der Waals surface area (Å²) in [5.74, 6) is -1.92. The van der Waals surface area contributed by atoms with Crippen molar-refractivity contribution in [3.63, 3.8) is 0 Å². The Hall–Kier alpha value is -1.56. The van der Waals surface area contributed by atoms with Crippen LogP contribution in [-0.2, 0) is 23.8 Å². The monoisotopic (exact) mass is 430 g/mol. The number of likely N-dealkylation sites (tertiary alicyclic amines) is 2. The lowest BCUT2D eigenvalue weighted by atomic mass is 9.84. The predicted octanol–water partition coefficient (Wildman–Crippen LogP) is 1.90. The molecule has 28 heavy (non-hydrogen) atoms. The SMILES string of the molecule is CC(C)(C)OC(=O)N1CC(OS(C)(=O)=O)CC12CCN(C(=O)C(F)(F)F)CC2. The van der Waals surface area contributed by atoms with Gasteiger partial charge in [-0.1, -0.05) is 0 Å². The van der Waals surface area contributed by atoms with Gasteiger partial charge in [-0.25, -0.2) is 4.79 Å². The normalized spacial score (nSPS) is 23.2. The van der Waals surface area contributed by atoms with E-state index in [-0.39, 0.29) is 38.9 Å². The van der Waals surface area contributed by atoms with E-state index in [2.05, 4.69) is 0 Å². The van der Waals surface area contributed by atoms with Gasteiger partial charge in [-0.15, -0.1) is 0 Å². The van der Waals surface area contributed by atoms with Gasteiger partial charge in [0.25, 0.3) is 10.1 Å². The summed E-state index contributed by atoms with van der Waals surface area (Å²) in [6.45, 7) is 4.54. The molecule has 0 aromatic heterocycles. The smallest absolute Gasteiger partial charge is 0.444 e. The third-order valence-corrected chi connectivity index (χ3v) is 5.34. The van der Waals surface area contributed by atoms with Gasteiger partial charge in [0.15, 0.2) is 0 Å². The number of ether oxygens (including phenoxy) is 1. The first kappa shape index (κ1) is 22.7. The van der Waals surface area contributed by atoms with E-state index in [9.17, 15) is 31.2 Å². The molecular formula is C16H25F3N2O6S. The summed E-state index contributed by atoms with van der Waals surface area (Å²) >= 11 is 0. The van der Waals surface area contributed by atoms with E-state index in [1.54, 1.807) is 20.8 Å². The van der Waals surface area contributed by atoms with Gasteiger partial charge in [-0.05, 0) is 33.6 Å². The Morgan fingerprint density at radius 2 is 1.64 bits per heavy atom. The van der Waals surface area contributed by atoms with Crippen LogP contribution in [0.5, 0.6) is 0 Å². The second-order valence-corrected chi connectivity index (χ2v) is 9.83. The molecule has 0 aromatic rings. The molecule has 1 unspecified atom stereocenters. The number of hydrogen-bond donors (Lipinski definition) is 0. The van der Waals surface area contributed by atoms with Gasteiger partial charge in [-0.3, -0.25) is 13.9 Å². The molecule has 1 spiro atoms. The molecule has 2 amide bonds. The molecule has 2 rings (SSSR count). The molecule has 0 radical (unpaired) electrons. The molecule has 0 aliphatic carbocycles. The van der Waals surface area contributed by atoms with Gasteiger partial charge >= 0.3 is 18.2 Å². The van der Waals surface area contributed by atoms with Crippen molar-refractivity contribution in [1.82, 2.24) is 9.80 Å². The number of piperidine rings is 1. The van der Waals surface area contributed by atoms with Crippen molar-refractivity contribution in [2.24, 2.45) is 0 Å². The fourth-order valence-corrected chi connectivity index (χ4v) is 4.30. The van der Waals surface area contributed by atoms with Crippen LogP contribution in [0.25, 0.3) is 0 Å². The highest BCUT2D eigenvalue weighted by Gasteiger charge is 2.53. The van der Waals surface area contributed by atoms with Crippen molar-refractivity contribution in [2.75, 3.05) is 25.9 Å². The van der Waals surface area contributed by atoms with Gasteiger partial charge in [-0.2, -0.15) is 21.6 Å². The topological polar surface area (TPSA) is 93.2 Å². The quantitative estimate of drug-likeness (QED) is 0.622. The van der Waals surface area contributed by atoms with Crippen molar-refractivity contribution < 1.29 is 40.1 Å². The molecule has 2 heterocycles. The lowest BCUT2D eigenvalue weighted by Crippen LogP contribution is -2.57. The highest BCUT2D eigenvalue weighted by atomic mass is 32.2. The Morgan fingerprint density at radius 3 is 2.07 bits per heavy atom. The first-order valence-electron chi connectivity index (χ1n) is 8.77. The molecule has 1 atom stereocenters. The van der Waals surface area contributed by atoms with Crippen molar-refractivity contribution in [3.05, 3.63) is 0 Å². The Labute approximate surface area is 162 Å². The second-order valence-electron chi connectivity index (χ2n) is 8.23. The number of hydrogen-bond acceptors (Lipinski definition) is 6. The fraction of sp³-hybridized carbons (Fsp3) is 0.875. The summed E-state index contributed by atoms with van der Waals surface area (Å²) in [7, 11) is -3.78. The van der Waals surface area contributed by atoms with Gasteiger partial charge in [0.05, 0.1) is 24.4 Å². The van der Waals surface area contributed by atoms with Crippen LogP contribution >= 0.6 is 0 Å². The zero-order chi connectivity index (χ0) is 21.5. The summed E-state index contributed by atoms with van der Waals surface area (Å²) in [6.07, 6.45) is -5.33. The van der Waals surface area contributed by atoms with Crippen LogP contribution in [0.2, 0.25) is 0 Å². The molecular weight excluding hydrogens is 405 g/mol. The van der Waals surface area contributed by atoms with Crippen molar-refractivity contribution in [1.29, 1.82) is 0 Å². The molecule has 2 aliphatic heterocycles. The Bertz CT molecular complexity index is 724. The van der Waals surface area contributed by atoms with Gasteiger partial charge in [0, 0.05) is 19.5 Å². The summed E-state index contributed by atoms with van der Waals surface area (Å²) in [5, 5.41) is 0. The number of amides is 2. The molecule has 8 nitrogen and oxygen atoms in total. The minimum absolute atomic E-state index is 0.0603. The lowest BCUT2D eigenvalue weighted by Gasteiger charge is -2.44. The van der Waals surface area contributed by atoms with Crippen molar-refractivity contribution >= 4 is 22.1 Å². The van der Waals surface area contributed by atoms with Crippen molar-refractivity contribution in [3.8, 4) is 0 Å². The molecule has 0 bridgehead atoms. The summed E-state index contributed by atoms with van der Waals surface area (Å²) in [5.41, 5.74) is -1.74. The molecule has 162 valence electrons. The Balaban J connectivity index is 2.20. The zero-order valence-electron chi connectivity index (χ0n) is 16.2. The Morgan fingerprint density at radius 1 is 1.11 bits per heavy atom. The average molecular weight is 430 g/mol. The average Bonchev–Trinajstić information content (AvgIpc) is 2.80. The van der Waals surface area contributed by atoms with Crippen LogP contribution in [0.15, 0.2) is 0 Å². The number of halogens is 3. The first-order chi connectivity index (χ1) is 12.5. The van der Waals surface area contributed by atoms with Gasteiger partial charge in [0.2, 0.25) is 0 Å². The maximum Gasteiger partial charge on any atom is 0.471 e. The molecule has 2 saturated heterocycles. The van der Waals surface area contributed by atoms with Crippen LogP contribution in [0.4, 0.5) is 18.0 Å². The van der Waals surface area contributed by atoms with E-state index in [1.165, 1.54) is 4.90 Å². The first-order valence-corrected chi connectivity index (χ1v) is 10.6. The highest BCUT2D eigenvalue weighted by Crippen LogP contribution is 2.41. The summed E-state index contributed by atoms with van der Waals surface area (Å²) in [6, 6.07) is 0. The Kier molecular flexibility index (Phi) is 5.97. The predicted molar refractivity (Wildman–Crippen MR) is 91.9 cm³/mol. The van der Waals surface area contributed by atoms with E-state index < -0.39 is 45.5 Å². The summed E-state index contributed by atoms with van der Waals surface area (Å²) < 4.78 is 71.4. The largest absolute Gasteiger partial charge is 0.471 e. The van der Waals surface area contributed by atoms with Crippen LogP contribution in [0.3, 0.4) is 0 Å². The zero-order valence-corrected chi connectivity index (χ0v) is 17.0. The van der Waals surface area contributed by atoms with Crippen LogP contribution in [0.1, 0.15) is 40.0 Å². The number of nitrogens with zero attached hydrogens (tertiary/aromatic N) is 2. The minimum Gasteiger partial charge on any atom is -0.444 e. The van der Waals surface area contributed by atoms with Crippen LogP contribution < -0.4 is 0 Å². The van der Waals surface area contributed by atoms with Gasteiger partial charge in [0.1, 0.15) is 5.60 Å². The standard InChI is InChI=1S/C16H25F3N2O6S/c1-14(2,3)26-13(23)21-10-11(27-28(4,24)25)9-15(21)5-7-20(8-6-15)12(22)16(17,18)19/h11H,5-10H2,1-4H3. The third kappa shape index (κ3) is 5.49.